The Morgan fingerprint density at radius 1 is 0.731 bits per heavy atom. The van der Waals surface area contributed by atoms with Gasteiger partial charge >= 0.3 is 0 Å². The van der Waals surface area contributed by atoms with Gasteiger partial charge in [0, 0.05) is 12.7 Å². The zero-order valence-electron chi connectivity index (χ0n) is 27.5. The summed E-state index contributed by atoms with van der Waals surface area (Å²) in [6.07, 6.45) is -1.12. The second-order valence-electron chi connectivity index (χ2n) is 11.9. The lowest BCUT2D eigenvalue weighted by molar-refractivity contribution is -0.369. The van der Waals surface area contributed by atoms with Crippen LogP contribution in [0.2, 0.25) is 0 Å². The lowest BCUT2D eigenvalue weighted by atomic mass is 9.97. The Hall–Kier alpha value is -4.48. The molecule has 20 heteroatoms. The largest absolute Gasteiger partial charge is 0.366 e. The van der Waals surface area contributed by atoms with Crippen LogP contribution in [0.3, 0.4) is 0 Å². The van der Waals surface area contributed by atoms with Crippen molar-refractivity contribution in [3.63, 3.8) is 0 Å². The van der Waals surface area contributed by atoms with Crippen LogP contribution < -0.4 is 10.3 Å². The third-order valence-corrected chi connectivity index (χ3v) is 10.2. The van der Waals surface area contributed by atoms with Crippen molar-refractivity contribution >= 4 is 20.0 Å². The van der Waals surface area contributed by atoms with Crippen LogP contribution in [0.25, 0.3) is 11.4 Å². The zero-order chi connectivity index (χ0) is 36.5. The average Bonchev–Trinajstić information content (AvgIpc) is 3.83. The molecule has 2 aliphatic rings. The molecular weight excluding hydrogens is 721 g/mol. The fourth-order valence-corrected chi connectivity index (χ4v) is 6.83. The molecule has 6 atom stereocenters. The summed E-state index contributed by atoms with van der Waals surface area (Å²) in [7, 11) is -6.21. The number of fused-ring (bicyclic) bond motifs is 1. The van der Waals surface area contributed by atoms with Crippen molar-refractivity contribution in [3.05, 3.63) is 108 Å². The van der Waals surface area contributed by atoms with Gasteiger partial charge in [0.05, 0.1) is 53.4 Å². The van der Waals surface area contributed by atoms with Gasteiger partial charge in [-0.05, 0) is 48.5 Å². The number of methoxy groups -OCH3 is 1. The van der Waals surface area contributed by atoms with Crippen LogP contribution in [0, 0.1) is 0 Å². The first-order chi connectivity index (χ1) is 25.0. The Balaban J connectivity index is 1.11. The number of hydrogen-bond donors (Lipinski definition) is 2. The molecule has 0 radical (unpaired) electrons. The molecule has 3 aromatic carbocycles. The van der Waals surface area contributed by atoms with Gasteiger partial charge in [0.2, 0.25) is 20.0 Å². The molecule has 4 heterocycles. The topological polar surface area (TPSA) is 237 Å². The molecule has 0 amide bonds. The Morgan fingerprint density at radius 2 is 1.25 bits per heavy atom. The first-order valence-electron chi connectivity index (χ1n) is 15.8. The lowest BCUT2D eigenvalue weighted by Gasteiger charge is -2.48. The van der Waals surface area contributed by atoms with E-state index in [1.165, 1.54) is 40.7 Å². The quantitative estimate of drug-likeness (QED) is 0.182. The molecule has 5 aromatic rings. The number of rotatable bonds is 12. The van der Waals surface area contributed by atoms with Gasteiger partial charge in [-0.1, -0.05) is 40.8 Å². The number of nitrogens with zero attached hydrogens (tertiary/aromatic N) is 6. The summed E-state index contributed by atoms with van der Waals surface area (Å²) < 4.78 is 86.9. The van der Waals surface area contributed by atoms with Crippen LogP contribution in [-0.4, -0.2) is 91.2 Å². The maximum atomic E-state index is 11.7. The van der Waals surface area contributed by atoms with Gasteiger partial charge < -0.3 is 28.4 Å². The second-order valence-corrected chi connectivity index (χ2v) is 15.0. The summed E-state index contributed by atoms with van der Waals surface area (Å²) in [5, 5.41) is 27.2. The number of benzene rings is 3. The van der Waals surface area contributed by atoms with Crippen molar-refractivity contribution in [1.82, 2.24) is 30.0 Å². The van der Waals surface area contributed by atoms with E-state index in [1.54, 1.807) is 36.7 Å². The first-order valence-corrected chi connectivity index (χ1v) is 18.9. The van der Waals surface area contributed by atoms with Crippen molar-refractivity contribution in [2.24, 2.45) is 10.3 Å². The van der Waals surface area contributed by atoms with Gasteiger partial charge in [-0.2, -0.15) is 0 Å². The highest BCUT2D eigenvalue weighted by atomic mass is 32.2. The molecule has 0 aliphatic carbocycles. The van der Waals surface area contributed by atoms with Gasteiger partial charge in [-0.15, -0.1) is 10.2 Å². The molecule has 2 aromatic heterocycles. The molecule has 2 saturated heterocycles. The Kier molecular flexibility index (Phi) is 10.3. The standard InChI is InChI=1S/C32H34N8O10S2/c1-45-32-30(47-18-22-16-40(38-36-22)24-9-13-26(14-10-24)52(34,43)44)29(28-27(49-32)19-48-31(50-28)20-5-3-2-4-6-20)46-17-21-15-39(37-35-21)23-7-11-25(12-8-23)51(33,41)42/h2-16,27-32H,17-19H2,1H3,(H2,33,41,42)(H2,34,43,44)/t27-,28-,29+,30-,31-,32+/m1/s1. The third-order valence-electron chi connectivity index (χ3n) is 8.38. The SMILES string of the molecule is CO[C@H]1O[C@@H]2CO[C@@H](c3ccccc3)O[C@H]2[C@H](OCc2cn(-c3ccc(S(N)(=O)=O)cc3)nn2)[C@H]1OCc1cn(-c2ccc(S(N)(=O)=O)cc2)nn1. The Labute approximate surface area is 298 Å². The molecule has 52 heavy (non-hydrogen) atoms. The van der Waals surface area contributed by atoms with E-state index in [1.807, 2.05) is 30.3 Å². The van der Waals surface area contributed by atoms with Crippen LogP contribution in [0.1, 0.15) is 23.2 Å². The second kappa shape index (κ2) is 14.9. The van der Waals surface area contributed by atoms with Crippen molar-refractivity contribution in [2.75, 3.05) is 13.7 Å². The highest BCUT2D eigenvalue weighted by molar-refractivity contribution is 7.89. The van der Waals surface area contributed by atoms with E-state index in [0.29, 0.717) is 22.8 Å². The molecule has 2 aliphatic heterocycles. The van der Waals surface area contributed by atoms with E-state index in [0.717, 1.165) is 5.56 Å². The minimum atomic E-state index is -3.85. The highest BCUT2D eigenvalue weighted by Crippen LogP contribution is 2.37. The van der Waals surface area contributed by atoms with Gasteiger partial charge in [0.15, 0.2) is 12.6 Å². The predicted molar refractivity (Wildman–Crippen MR) is 178 cm³/mol. The molecule has 2 fully saturated rings. The van der Waals surface area contributed by atoms with Crippen LogP contribution in [-0.2, 0) is 61.7 Å². The van der Waals surface area contributed by atoms with Crippen LogP contribution in [0.4, 0.5) is 0 Å². The number of nitrogens with two attached hydrogens (primary N) is 2. The molecule has 18 nitrogen and oxygen atoms in total. The molecule has 0 bridgehead atoms. The van der Waals surface area contributed by atoms with Gasteiger partial charge in [0.25, 0.3) is 0 Å². The summed E-state index contributed by atoms with van der Waals surface area (Å²) in [4.78, 5) is -0.0577. The summed E-state index contributed by atoms with van der Waals surface area (Å²) in [6.45, 7) is 0.161. The zero-order valence-corrected chi connectivity index (χ0v) is 29.1. The average molecular weight is 755 g/mol. The molecule has 4 N–H and O–H groups in total. The third kappa shape index (κ3) is 7.95. The molecule has 0 saturated carbocycles. The van der Waals surface area contributed by atoms with E-state index < -0.39 is 57.0 Å². The van der Waals surface area contributed by atoms with Gasteiger partial charge in [-0.25, -0.2) is 36.5 Å². The fraction of sp³-hybridized carbons (Fsp3) is 0.312. The van der Waals surface area contributed by atoms with Crippen molar-refractivity contribution in [3.8, 4) is 11.4 Å². The molecular formula is C32H34N8O10S2. The lowest BCUT2D eigenvalue weighted by Crippen LogP contribution is -2.63. The first kappa shape index (κ1) is 35.9. The van der Waals surface area contributed by atoms with Crippen molar-refractivity contribution in [2.45, 2.75) is 60.0 Å². The number of ether oxygens (including phenoxy) is 6. The molecule has 7 rings (SSSR count). The van der Waals surface area contributed by atoms with Gasteiger partial charge in [0.1, 0.15) is 35.8 Å². The van der Waals surface area contributed by atoms with E-state index in [9.17, 15) is 16.8 Å². The number of primary sulfonamides is 2. The maximum Gasteiger partial charge on any atom is 0.238 e. The van der Waals surface area contributed by atoms with E-state index in [-0.39, 0.29) is 29.6 Å². The van der Waals surface area contributed by atoms with E-state index >= 15 is 0 Å². The highest BCUT2D eigenvalue weighted by Gasteiger charge is 2.51. The van der Waals surface area contributed by atoms with Crippen molar-refractivity contribution < 1.29 is 45.3 Å². The number of aromatic nitrogens is 6. The molecule has 0 spiro atoms. The van der Waals surface area contributed by atoms with E-state index in [4.69, 9.17) is 38.7 Å². The monoisotopic (exact) mass is 754 g/mol. The van der Waals surface area contributed by atoms with Gasteiger partial charge in [-0.3, -0.25) is 0 Å². The summed E-state index contributed by atoms with van der Waals surface area (Å²) >= 11 is 0. The summed E-state index contributed by atoms with van der Waals surface area (Å²) in [5.41, 5.74) is 2.86. The molecule has 0 unspecified atom stereocenters. The van der Waals surface area contributed by atoms with Crippen LogP contribution in [0.5, 0.6) is 0 Å². The minimum absolute atomic E-state index is 0.00956. The van der Waals surface area contributed by atoms with Crippen LogP contribution in [0.15, 0.2) is 101 Å². The predicted octanol–water partition coefficient (Wildman–Crippen LogP) is 1.10. The Bertz CT molecular complexity index is 2200. The van der Waals surface area contributed by atoms with Crippen molar-refractivity contribution in [1.29, 1.82) is 0 Å². The smallest absolute Gasteiger partial charge is 0.238 e. The maximum absolute atomic E-state index is 11.7. The summed E-state index contributed by atoms with van der Waals surface area (Å²) in [6, 6.07) is 21.2. The Morgan fingerprint density at radius 3 is 1.75 bits per heavy atom. The fourth-order valence-electron chi connectivity index (χ4n) is 5.80. The minimum Gasteiger partial charge on any atom is -0.366 e. The van der Waals surface area contributed by atoms with E-state index in [2.05, 4.69) is 20.6 Å². The normalized spacial score (nSPS) is 23.7. The molecule has 274 valence electrons. The summed E-state index contributed by atoms with van der Waals surface area (Å²) in [5.74, 6) is 0. The number of sulfonamides is 2. The van der Waals surface area contributed by atoms with Crippen LogP contribution >= 0.6 is 0 Å². The number of hydrogen-bond acceptors (Lipinski definition) is 14.